The van der Waals surface area contributed by atoms with Crippen LogP contribution in [0.4, 0.5) is 0 Å². The smallest absolute Gasteiger partial charge is 0.257 e. The zero-order chi connectivity index (χ0) is 20.9. The lowest BCUT2D eigenvalue weighted by atomic mass is 9.92. The molecule has 0 atom stereocenters. The van der Waals surface area contributed by atoms with Gasteiger partial charge in [-0.2, -0.15) is 0 Å². The average Bonchev–Trinajstić information content (AvgIpc) is 2.79. The molecule has 6 heteroatoms. The molecule has 1 saturated heterocycles. The molecule has 0 unspecified atom stereocenters. The highest BCUT2D eigenvalue weighted by atomic mass is 16.5. The summed E-state index contributed by atoms with van der Waals surface area (Å²) in [5.41, 5.74) is 2.70. The number of carbonyl (C=O) groups excluding carboxylic acids is 1. The Morgan fingerprint density at radius 2 is 1.97 bits per heavy atom. The molecule has 0 spiro atoms. The largest absolute Gasteiger partial charge is 0.494 e. The average molecular weight is 405 g/mol. The van der Waals surface area contributed by atoms with Crippen molar-refractivity contribution in [3.63, 3.8) is 0 Å². The Morgan fingerprint density at radius 3 is 2.70 bits per heavy atom. The van der Waals surface area contributed by atoms with Crippen LogP contribution in [0, 0.1) is 0 Å². The summed E-state index contributed by atoms with van der Waals surface area (Å²) in [6.45, 7) is 4.05. The molecule has 1 aromatic carbocycles. The molecule has 0 radical (unpaired) electrons. The van der Waals surface area contributed by atoms with E-state index in [2.05, 4.69) is 9.97 Å². The van der Waals surface area contributed by atoms with Crippen LogP contribution in [0.1, 0.15) is 43.4 Å². The molecule has 1 aliphatic rings. The molecule has 156 valence electrons. The second kappa shape index (κ2) is 9.11. The number of nitrogens with one attached hydrogen (secondary N) is 1. The number of fused-ring (bicyclic) bond motifs is 1. The maximum absolute atomic E-state index is 12.6. The van der Waals surface area contributed by atoms with Crippen LogP contribution in [0.3, 0.4) is 0 Å². The molecular weight excluding hydrogens is 378 g/mol. The van der Waals surface area contributed by atoms with Gasteiger partial charge in [-0.05, 0) is 62.1 Å². The lowest BCUT2D eigenvalue weighted by molar-refractivity contribution is -0.132. The number of aryl methyl sites for hydroxylation is 1. The molecule has 1 fully saturated rings. The molecule has 6 nitrogen and oxygen atoms in total. The number of ether oxygens (including phenoxy) is 1. The minimum absolute atomic E-state index is 0.0931. The number of aromatic amines is 1. The molecule has 3 heterocycles. The molecule has 1 aliphatic heterocycles. The second-order valence-corrected chi connectivity index (χ2v) is 7.72. The summed E-state index contributed by atoms with van der Waals surface area (Å²) in [5, 5.41) is 0.614. The fourth-order valence-corrected chi connectivity index (χ4v) is 4.09. The monoisotopic (exact) mass is 405 g/mol. The highest BCUT2D eigenvalue weighted by Gasteiger charge is 2.24. The quantitative estimate of drug-likeness (QED) is 0.679. The fraction of sp³-hybridized carbons (Fsp3) is 0.375. The molecule has 1 amide bonds. The van der Waals surface area contributed by atoms with E-state index >= 15 is 0 Å². The summed E-state index contributed by atoms with van der Waals surface area (Å²) >= 11 is 0. The first-order valence-electron chi connectivity index (χ1n) is 10.6. The SMILES string of the molecule is CCOc1ccc(CCC(=O)N2CCC(c3cc4ncccc4c(=O)[nH]3)CC2)cc1. The maximum atomic E-state index is 12.6. The van der Waals surface area contributed by atoms with Crippen LogP contribution in [-0.2, 0) is 11.2 Å². The molecule has 4 rings (SSSR count). The normalized spacial score (nSPS) is 14.8. The van der Waals surface area contributed by atoms with E-state index in [9.17, 15) is 9.59 Å². The number of rotatable bonds is 6. The zero-order valence-electron chi connectivity index (χ0n) is 17.3. The van der Waals surface area contributed by atoms with Gasteiger partial charge in [0.2, 0.25) is 5.91 Å². The van der Waals surface area contributed by atoms with Gasteiger partial charge in [0, 0.05) is 37.3 Å². The number of amides is 1. The van der Waals surface area contributed by atoms with Gasteiger partial charge in [0.1, 0.15) is 5.75 Å². The summed E-state index contributed by atoms with van der Waals surface area (Å²) in [4.78, 5) is 34.2. The van der Waals surface area contributed by atoms with Crippen molar-refractivity contribution < 1.29 is 9.53 Å². The van der Waals surface area contributed by atoms with Crippen LogP contribution in [0.25, 0.3) is 10.9 Å². The topological polar surface area (TPSA) is 75.3 Å². The lowest BCUT2D eigenvalue weighted by Gasteiger charge is -2.32. The number of hydrogen-bond donors (Lipinski definition) is 1. The highest BCUT2D eigenvalue weighted by molar-refractivity contribution is 5.78. The fourth-order valence-electron chi connectivity index (χ4n) is 4.09. The molecule has 0 aliphatic carbocycles. The predicted octanol–water partition coefficient (Wildman–Crippen LogP) is 3.66. The minimum atomic E-state index is -0.0931. The molecule has 1 N–H and O–H groups in total. The van der Waals surface area contributed by atoms with E-state index in [0.717, 1.165) is 54.9 Å². The van der Waals surface area contributed by atoms with Crippen molar-refractivity contribution in [2.75, 3.05) is 19.7 Å². The minimum Gasteiger partial charge on any atom is -0.494 e. The van der Waals surface area contributed by atoms with Gasteiger partial charge in [-0.3, -0.25) is 14.6 Å². The van der Waals surface area contributed by atoms with Gasteiger partial charge >= 0.3 is 0 Å². The van der Waals surface area contributed by atoms with Crippen molar-refractivity contribution in [1.82, 2.24) is 14.9 Å². The predicted molar refractivity (Wildman–Crippen MR) is 117 cm³/mol. The Bertz CT molecular complexity index is 1070. The van der Waals surface area contributed by atoms with E-state index in [1.807, 2.05) is 42.2 Å². The highest BCUT2D eigenvalue weighted by Crippen LogP contribution is 2.27. The molecule has 0 bridgehead atoms. The van der Waals surface area contributed by atoms with Crippen molar-refractivity contribution in [2.24, 2.45) is 0 Å². The Kier molecular flexibility index (Phi) is 6.12. The Hall–Kier alpha value is -3.15. The third-order valence-electron chi connectivity index (χ3n) is 5.78. The Balaban J connectivity index is 1.32. The van der Waals surface area contributed by atoms with Gasteiger partial charge in [-0.25, -0.2) is 0 Å². The van der Waals surface area contributed by atoms with Crippen molar-refractivity contribution >= 4 is 16.8 Å². The first-order valence-corrected chi connectivity index (χ1v) is 10.6. The second-order valence-electron chi connectivity index (χ2n) is 7.72. The van der Waals surface area contributed by atoms with E-state index < -0.39 is 0 Å². The summed E-state index contributed by atoms with van der Waals surface area (Å²) in [5.74, 6) is 1.30. The number of nitrogens with zero attached hydrogens (tertiary/aromatic N) is 2. The number of aromatic nitrogens is 2. The van der Waals surface area contributed by atoms with Gasteiger partial charge in [0.15, 0.2) is 0 Å². The van der Waals surface area contributed by atoms with Gasteiger partial charge in [-0.1, -0.05) is 12.1 Å². The Morgan fingerprint density at radius 1 is 1.20 bits per heavy atom. The third kappa shape index (κ3) is 4.53. The number of H-pyrrole nitrogens is 1. The molecule has 3 aromatic rings. The molecule has 2 aromatic heterocycles. The third-order valence-corrected chi connectivity index (χ3v) is 5.78. The molecule has 0 saturated carbocycles. The summed E-state index contributed by atoms with van der Waals surface area (Å²) in [6, 6.07) is 13.5. The number of carbonyl (C=O) groups is 1. The van der Waals surface area contributed by atoms with Gasteiger partial charge in [-0.15, -0.1) is 0 Å². The number of pyridine rings is 2. The zero-order valence-corrected chi connectivity index (χ0v) is 17.3. The summed E-state index contributed by atoms with van der Waals surface area (Å²) in [7, 11) is 0. The van der Waals surface area contributed by atoms with Crippen LogP contribution in [-0.4, -0.2) is 40.5 Å². The van der Waals surface area contributed by atoms with Crippen molar-refractivity contribution in [3.8, 4) is 5.75 Å². The van der Waals surface area contributed by atoms with Crippen LogP contribution in [0.5, 0.6) is 5.75 Å². The van der Waals surface area contributed by atoms with E-state index in [-0.39, 0.29) is 17.4 Å². The van der Waals surface area contributed by atoms with Gasteiger partial charge in [0.05, 0.1) is 17.5 Å². The van der Waals surface area contributed by atoms with Gasteiger partial charge in [0.25, 0.3) is 5.56 Å². The van der Waals surface area contributed by atoms with E-state index in [1.165, 1.54) is 0 Å². The first-order chi connectivity index (χ1) is 14.6. The van der Waals surface area contributed by atoms with E-state index in [1.54, 1.807) is 18.3 Å². The molecule has 30 heavy (non-hydrogen) atoms. The van der Waals surface area contributed by atoms with E-state index in [4.69, 9.17) is 4.74 Å². The Labute approximate surface area is 175 Å². The van der Waals surface area contributed by atoms with Crippen LogP contribution in [0.15, 0.2) is 53.5 Å². The number of likely N-dealkylation sites (tertiary alicyclic amines) is 1. The van der Waals surface area contributed by atoms with Crippen LogP contribution < -0.4 is 10.3 Å². The maximum Gasteiger partial charge on any atom is 0.257 e. The van der Waals surface area contributed by atoms with Crippen molar-refractivity contribution in [3.05, 3.63) is 70.3 Å². The number of benzene rings is 1. The van der Waals surface area contributed by atoms with Gasteiger partial charge < -0.3 is 14.6 Å². The van der Waals surface area contributed by atoms with E-state index in [0.29, 0.717) is 18.4 Å². The van der Waals surface area contributed by atoms with Crippen LogP contribution in [0.2, 0.25) is 0 Å². The summed E-state index contributed by atoms with van der Waals surface area (Å²) in [6.07, 6.45) is 4.65. The van der Waals surface area contributed by atoms with Crippen molar-refractivity contribution in [1.29, 1.82) is 0 Å². The summed E-state index contributed by atoms with van der Waals surface area (Å²) < 4.78 is 5.46. The number of hydrogen-bond acceptors (Lipinski definition) is 4. The van der Waals surface area contributed by atoms with Crippen molar-refractivity contribution in [2.45, 2.75) is 38.5 Å². The molecular formula is C24H27N3O3. The number of piperidine rings is 1. The lowest BCUT2D eigenvalue weighted by Crippen LogP contribution is -2.38. The standard InChI is InChI=1S/C24H27N3O3/c1-2-30-19-8-5-17(6-9-19)7-10-23(28)27-14-11-18(12-15-27)21-16-22-20(24(29)26-21)4-3-13-25-22/h3-6,8-9,13,16,18H,2,7,10-12,14-15H2,1H3,(H,26,29). The first kappa shape index (κ1) is 20.1. The van der Waals surface area contributed by atoms with Crippen LogP contribution >= 0.6 is 0 Å².